The van der Waals surface area contributed by atoms with Crippen molar-refractivity contribution in [3.63, 3.8) is 0 Å². The Morgan fingerprint density at radius 3 is 2.37 bits per heavy atom. The van der Waals surface area contributed by atoms with Gasteiger partial charge in [-0.3, -0.25) is 9.59 Å². The van der Waals surface area contributed by atoms with E-state index >= 15 is 0 Å². The number of para-hydroxylation sites is 1. The first kappa shape index (κ1) is 22.1. The molecule has 30 heavy (non-hydrogen) atoms. The van der Waals surface area contributed by atoms with E-state index in [1.807, 2.05) is 6.07 Å². The van der Waals surface area contributed by atoms with E-state index in [0.717, 1.165) is 16.0 Å². The summed E-state index contributed by atoms with van der Waals surface area (Å²) in [5.74, 6) is -4.51. The Labute approximate surface area is 178 Å². The van der Waals surface area contributed by atoms with E-state index in [2.05, 4.69) is 4.98 Å². The maximum absolute atomic E-state index is 13.1. The molecule has 0 aliphatic heterocycles. The average molecular weight is 447 g/mol. The van der Waals surface area contributed by atoms with Crippen molar-refractivity contribution in [2.75, 3.05) is 5.75 Å². The van der Waals surface area contributed by atoms with Gasteiger partial charge >= 0.3 is 0 Å². The Hall–Kier alpha value is -2.62. The standard InChI is InChI=1S/C21H22N2O5S2/c1-2-15(18(24)19-23-16-10-6-7-11-17(16)29-19)21(26,20(22)25)13-30(27,28)12-14-8-4-3-5-9-14/h3-11,15,26H,2,12-13H2,1H3,(H2,22,25)/t15-,21?/m1/s1. The summed E-state index contributed by atoms with van der Waals surface area (Å²) in [7, 11) is -3.95. The minimum Gasteiger partial charge on any atom is -0.378 e. The molecule has 0 saturated heterocycles. The SMILES string of the molecule is CC[C@H](C(=O)c1nc2ccccc2s1)C(O)(CS(=O)(=O)Cc1ccccc1)C(N)=O. The number of aliphatic hydroxyl groups is 1. The molecule has 0 bridgehead atoms. The summed E-state index contributed by atoms with van der Waals surface area (Å²) in [5.41, 5.74) is 3.99. The highest BCUT2D eigenvalue weighted by Crippen LogP contribution is 2.31. The number of ketones is 1. The lowest BCUT2D eigenvalue weighted by atomic mass is 9.83. The predicted octanol–water partition coefficient (Wildman–Crippen LogP) is 2.34. The molecule has 1 heterocycles. The lowest BCUT2D eigenvalue weighted by Crippen LogP contribution is -2.57. The third kappa shape index (κ3) is 4.58. The van der Waals surface area contributed by atoms with Gasteiger partial charge in [-0.15, -0.1) is 11.3 Å². The summed E-state index contributed by atoms with van der Waals surface area (Å²) < 4.78 is 26.3. The molecule has 1 aromatic heterocycles. The van der Waals surface area contributed by atoms with Crippen LogP contribution in [0.4, 0.5) is 0 Å². The molecule has 0 aliphatic rings. The van der Waals surface area contributed by atoms with Gasteiger partial charge in [-0.2, -0.15) is 0 Å². The zero-order valence-corrected chi connectivity index (χ0v) is 17.9. The van der Waals surface area contributed by atoms with Gasteiger partial charge in [0.2, 0.25) is 0 Å². The van der Waals surface area contributed by atoms with Crippen molar-refractivity contribution in [3.8, 4) is 0 Å². The Bertz CT molecular complexity index is 1140. The van der Waals surface area contributed by atoms with Gasteiger partial charge < -0.3 is 10.8 Å². The van der Waals surface area contributed by atoms with Gasteiger partial charge in [-0.05, 0) is 24.1 Å². The number of carbonyl (C=O) groups is 2. The molecule has 3 N–H and O–H groups in total. The lowest BCUT2D eigenvalue weighted by molar-refractivity contribution is -0.137. The Balaban J connectivity index is 1.93. The Morgan fingerprint density at radius 1 is 1.13 bits per heavy atom. The van der Waals surface area contributed by atoms with Gasteiger partial charge in [-0.1, -0.05) is 49.4 Å². The highest BCUT2D eigenvalue weighted by atomic mass is 32.2. The molecule has 0 aliphatic carbocycles. The molecule has 2 aromatic carbocycles. The van der Waals surface area contributed by atoms with E-state index < -0.39 is 38.8 Å². The molecule has 7 nitrogen and oxygen atoms in total. The summed E-state index contributed by atoms with van der Waals surface area (Å²) in [6, 6.07) is 15.5. The summed E-state index contributed by atoms with van der Waals surface area (Å²) in [6.07, 6.45) is 0.0229. The Kier molecular flexibility index (Phi) is 6.35. The summed E-state index contributed by atoms with van der Waals surface area (Å²) >= 11 is 1.12. The highest BCUT2D eigenvalue weighted by Gasteiger charge is 2.49. The van der Waals surface area contributed by atoms with Crippen LogP contribution in [0, 0.1) is 5.92 Å². The van der Waals surface area contributed by atoms with Crippen molar-refractivity contribution in [2.45, 2.75) is 24.7 Å². The van der Waals surface area contributed by atoms with Crippen molar-refractivity contribution >= 4 is 43.1 Å². The van der Waals surface area contributed by atoms with Gasteiger partial charge in [0.25, 0.3) is 5.91 Å². The van der Waals surface area contributed by atoms with Crippen molar-refractivity contribution in [1.82, 2.24) is 4.98 Å². The molecule has 0 radical (unpaired) electrons. The molecule has 1 unspecified atom stereocenters. The van der Waals surface area contributed by atoms with E-state index in [-0.39, 0.29) is 17.2 Å². The van der Waals surface area contributed by atoms with E-state index in [0.29, 0.717) is 11.1 Å². The third-order valence-electron chi connectivity index (χ3n) is 4.90. The maximum Gasteiger partial charge on any atom is 0.251 e. The Morgan fingerprint density at radius 2 is 1.77 bits per heavy atom. The second kappa shape index (κ2) is 8.63. The topological polar surface area (TPSA) is 127 Å². The number of carbonyl (C=O) groups excluding carboxylic acids is 2. The van der Waals surface area contributed by atoms with E-state index in [1.165, 1.54) is 0 Å². The number of sulfone groups is 1. The smallest absolute Gasteiger partial charge is 0.251 e. The van der Waals surface area contributed by atoms with Crippen LogP contribution in [0.2, 0.25) is 0 Å². The monoisotopic (exact) mass is 446 g/mol. The van der Waals surface area contributed by atoms with Gasteiger partial charge in [0, 0.05) is 0 Å². The van der Waals surface area contributed by atoms with E-state index in [9.17, 15) is 23.1 Å². The molecule has 2 atom stereocenters. The number of nitrogens with zero attached hydrogens (tertiary/aromatic N) is 1. The minimum atomic E-state index is -3.95. The number of fused-ring (bicyclic) bond motifs is 1. The van der Waals surface area contributed by atoms with Crippen LogP contribution in [0.25, 0.3) is 10.2 Å². The second-order valence-electron chi connectivity index (χ2n) is 7.12. The number of rotatable bonds is 9. The number of primary amides is 1. The van der Waals surface area contributed by atoms with Crippen molar-refractivity contribution in [2.24, 2.45) is 11.7 Å². The summed E-state index contributed by atoms with van der Waals surface area (Å²) in [4.78, 5) is 29.6. The van der Waals surface area contributed by atoms with Gasteiger partial charge in [-0.25, -0.2) is 13.4 Å². The highest BCUT2D eigenvalue weighted by molar-refractivity contribution is 7.90. The van der Waals surface area contributed by atoms with Crippen LogP contribution < -0.4 is 5.73 Å². The number of amides is 1. The van der Waals surface area contributed by atoms with E-state index in [1.54, 1.807) is 55.5 Å². The molecule has 1 amide bonds. The molecule has 3 rings (SSSR count). The molecule has 0 fully saturated rings. The van der Waals surface area contributed by atoms with E-state index in [4.69, 9.17) is 5.73 Å². The van der Waals surface area contributed by atoms with Crippen molar-refractivity contribution < 1.29 is 23.1 Å². The largest absolute Gasteiger partial charge is 0.378 e. The molecular formula is C21H22N2O5S2. The number of nitrogens with two attached hydrogens (primary N) is 1. The molecule has 0 saturated carbocycles. The minimum absolute atomic E-state index is 0.0229. The predicted molar refractivity (Wildman–Crippen MR) is 116 cm³/mol. The summed E-state index contributed by atoms with van der Waals surface area (Å²) in [6.45, 7) is 1.59. The number of hydrogen-bond donors (Lipinski definition) is 2. The molecule has 0 spiro atoms. The normalized spacial score (nSPS) is 14.9. The zero-order valence-electron chi connectivity index (χ0n) is 16.3. The zero-order chi connectivity index (χ0) is 21.9. The molecular weight excluding hydrogens is 424 g/mol. The second-order valence-corrected chi connectivity index (χ2v) is 10.2. The number of Topliss-reactive ketones (excluding diaryl/α,β-unsaturated/α-hetero) is 1. The molecule has 158 valence electrons. The van der Waals surface area contributed by atoms with Crippen LogP contribution in [-0.4, -0.2) is 41.6 Å². The quantitative estimate of drug-likeness (QED) is 0.486. The molecule has 3 aromatic rings. The first-order valence-electron chi connectivity index (χ1n) is 9.32. The average Bonchev–Trinajstić information content (AvgIpc) is 3.12. The van der Waals surface area contributed by atoms with Gasteiger partial charge in [0.1, 0.15) is 0 Å². The number of thiazole rings is 1. The van der Waals surface area contributed by atoms with Crippen LogP contribution in [0.5, 0.6) is 0 Å². The fourth-order valence-corrected chi connectivity index (χ4v) is 6.20. The maximum atomic E-state index is 13.1. The third-order valence-corrected chi connectivity index (χ3v) is 7.61. The fraction of sp³-hybridized carbons (Fsp3) is 0.286. The fourth-order valence-electron chi connectivity index (χ4n) is 3.42. The van der Waals surface area contributed by atoms with Crippen LogP contribution in [-0.2, 0) is 20.4 Å². The number of aromatic nitrogens is 1. The summed E-state index contributed by atoms with van der Waals surface area (Å²) in [5, 5.41) is 11.2. The van der Waals surface area contributed by atoms with Crippen LogP contribution in [0.3, 0.4) is 0 Å². The number of hydrogen-bond acceptors (Lipinski definition) is 7. The molecule has 9 heteroatoms. The number of benzene rings is 2. The van der Waals surface area contributed by atoms with Crippen molar-refractivity contribution in [3.05, 3.63) is 65.2 Å². The van der Waals surface area contributed by atoms with Crippen LogP contribution in [0.15, 0.2) is 54.6 Å². The van der Waals surface area contributed by atoms with Crippen LogP contribution in [0.1, 0.15) is 28.7 Å². The van der Waals surface area contributed by atoms with Gasteiger partial charge in [0.15, 0.2) is 26.2 Å². The van der Waals surface area contributed by atoms with Crippen LogP contribution >= 0.6 is 11.3 Å². The lowest BCUT2D eigenvalue weighted by Gasteiger charge is -2.31. The first-order valence-corrected chi connectivity index (χ1v) is 12.0. The van der Waals surface area contributed by atoms with Gasteiger partial charge in [0.05, 0.1) is 27.6 Å². The first-order chi connectivity index (χ1) is 14.2. The van der Waals surface area contributed by atoms with Crippen molar-refractivity contribution in [1.29, 1.82) is 0 Å².